The van der Waals surface area contributed by atoms with Gasteiger partial charge in [0.15, 0.2) is 0 Å². The monoisotopic (exact) mass is 408 g/mol. The zero-order valence-electron chi connectivity index (χ0n) is 17.3. The molecule has 28 heavy (non-hydrogen) atoms. The van der Waals surface area contributed by atoms with Gasteiger partial charge in [-0.1, -0.05) is 26.0 Å². The lowest BCUT2D eigenvalue weighted by Crippen LogP contribution is -2.50. The smallest absolute Gasteiger partial charge is 0.243 e. The Balaban J connectivity index is 1.85. The molecule has 2 aliphatic heterocycles. The average molecular weight is 409 g/mol. The van der Waals surface area contributed by atoms with Crippen molar-refractivity contribution in [1.82, 2.24) is 9.21 Å². The maximum absolute atomic E-state index is 13.3. The van der Waals surface area contributed by atoms with Crippen LogP contribution in [-0.2, 0) is 19.6 Å². The van der Waals surface area contributed by atoms with Gasteiger partial charge in [0.1, 0.15) is 0 Å². The second-order valence-corrected chi connectivity index (χ2v) is 10.4. The summed E-state index contributed by atoms with van der Waals surface area (Å²) >= 11 is 0. The van der Waals surface area contributed by atoms with Crippen LogP contribution in [0.5, 0.6) is 0 Å². The minimum absolute atomic E-state index is 0.0515. The Morgan fingerprint density at radius 3 is 2.50 bits per heavy atom. The Kier molecular flexibility index (Phi) is 6.17. The maximum Gasteiger partial charge on any atom is 0.243 e. The summed E-state index contributed by atoms with van der Waals surface area (Å²) in [6.45, 7) is 11.0. The van der Waals surface area contributed by atoms with Crippen molar-refractivity contribution in [1.29, 1.82) is 0 Å². The van der Waals surface area contributed by atoms with E-state index in [1.54, 1.807) is 23.4 Å². The quantitative estimate of drug-likeness (QED) is 0.726. The first kappa shape index (κ1) is 21.3. The van der Waals surface area contributed by atoms with E-state index < -0.39 is 10.0 Å². The van der Waals surface area contributed by atoms with Crippen molar-refractivity contribution in [2.24, 2.45) is 11.3 Å². The molecule has 3 rings (SSSR count). The third-order valence-electron chi connectivity index (χ3n) is 6.33. The molecule has 0 radical (unpaired) electrons. The Morgan fingerprint density at radius 1 is 1.25 bits per heavy atom. The number of fused-ring (bicyclic) bond motifs is 1. The molecular weight excluding hydrogens is 376 g/mol. The molecular formula is C21H32N2O4S. The Labute approximate surface area is 168 Å². The topological polar surface area (TPSA) is 66.9 Å². The Hall–Kier alpha value is -1.44. The summed E-state index contributed by atoms with van der Waals surface area (Å²) in [6.07, 6.45) is 0.773. The van der Waals surface area contributed by atoms with Crippen molar-refractivity contribution < 1.29 is 17.9 Å². The second-order valence-electron chi connectivity index (χ2n) is 8.43. The molecule has 7 heteroatoms. The molecule has 6 nitrogen and oxygen atoms in total. The van der Waals surface area contributed by atoms with Crippen LogP contribution in [0.1, 0.15) is 45.6 Å². The first-order valence-corrected chi connectivity index (χ1v) is 11.6. The normalized spacial score (nSPS) is 25.9. The predicted molar refractivity (Wildman–Crippen MR) is 109 cm³/mol. The first-order chi connectivity index (χ1) is 13.2. The number of piperidine rings is 1. The van der Waals surface area contributed by atoms with Crippen LogP contribution >= 0.6 is 0 Å². The molecule has 0 aromatic heterocycles. The highest BCUT2D eigenvalue weighted by Gasteiger charge is 2.52. The Bertz CT molecular complexity index is 806. The fourth-order valence-electron chi connectivity index (χ4n) is 4.42. The van der Waals surface area contributed by atoms with Crippen LogP contribution in [0.4, 0.5) is 0 Å². The number of sulfonamides is 1. The van der Waals surface area contributed by atoms with Gasteiger partial charge in [0, 0.05) is 45.1 Å². The molecule has 0 saturated carbocycles. The number of nitrogens with zero attached hydrogens (tertiary/aromatic N) is 2. The highest BCUT2D eigenvalue weighted by molar-refractivity contribution is 7.89. The van der Waals surface area contributed by atoms with E-state index in [1.165, 1.54) is 0 Å². The van der Waals surface area contributed by atoms with Gasteiger partial charge in [-0.2, -0.15) is 4.31 Å². The summed E-state index contributed by atoms with van der Waals surface area (Å²) in [6, 6.07) is 7.22. The van der Waals surface area contributed by atoms with Crippen molar-refractivity contribution in [3.63, 3.8) is 0 Å². The van der Waals surface area contributed by atoms with E-state index in [0.29, 0.717) is 50.2 Å². The summed E-state index contributed by atoms with van der Waals surface area (Å²) in [4.78, 5) is 14.0. The lowest BCUT2D eigenvalue weighted by molar-refractivity contribution is -0.133. The molecule has 1 aromatic carbocycles. The van der Waals surface area contributed by atoms with Gasteiger partial charge in [-0.05, 0) is 42.9 Å². The molecule has 2 saturated heterocycles. The van der Waals surface area contributed by atoms with Gasteiger partial charge in [0.2, 0.25) is 15.9 Å². The molecule has 1 aromatic rings. The van der Waals surface area contributed by atoms with Gasteiger partial charge in [0.25, 0.3) is 0 Å². The molecule has 2 heterocycles. The molecule has 2 atom stereocenters. The highest BCUT2D eigenvalue weighted by Crippen LogP contribution is 2.45. The van der Waals surface area contributed by atoms with E-state index in [1.807, 2.05) is 24.0 Å². The fraction of sp³-hybridized carbons (Fsp3) is 0.667. The minimum atomic E-state index is -3.57. The fourth-order valence-corrected chi connectivity index (χ4v) is 6.00. The third-order valence-corrected chi connectivity index (χ3v) is 8.15. The molecule has 0 aliphatic carbocycles. The number of carbonyl (C=O) groups excluding carboxylic acids is 1. The zero-order valence-corrected chi connectivity index (χ0v) is 18.2. The molecule has 156 valence electrons. The standard InChI is InChI=1S/C21H32N2O4S/c1-5-27-15-21-10-11-22(17(4)24)12-19(21)13-23(14-21)28(25,26)20-8-6-18(7-9-20)16(2)3/h6-9,16,19H,5,10-15H2,1-4H3/t19-,21+/m1/s1. The Morgan fingerprint density at radius 2 is 1.93 bits per heavy atom. The SMILES string of the molecule is CCOC[C@@]12CCN(C(C)=O)C[C@@H]1CN(S(=O)(=O)c1ccc(C(C)C)cc1)C2. The van der Waals surface area contributed by atoms with E-state index in [9.17, 15) is 13.2 Å². The van der Waals surface area contributed by atoms with Crippen molar-refractivity contribution in [3.8, 4) is 0 Å². The van der Waals surface area contributed by atoms with Crippen molar-refractivity contribution in [2.75, 3.05) is 39.4 Å². The number of benzene rings is 1. The number of carbonyl (C=O) groups is 1. The third kappa shape index (κ3) is 3.98. The van der Waals surface area contributed by atoms with Crippen molar-refractivity contribution in [3.05, 3.63) is 29.8 Å². The zero-order chi connectivity index (χ0) is 20.5. The lowest BCUT2D eigenvalue weighted by atomic mass is 9.73. The first-order valence-electron chi connectivity index (χ1n) is 10.1. The number of amides is 1. The molecule has 1 amide bonds. The van der Waals surface area contributed by atoms with E-state index in [-0.39, 0.29) is 17.2 Å². The number of hydrogen-bond acceptors (Lipinski definition) is 4. The van der Waals surface area contributed by atoms with Crippen molar-refractivity contribution in [2.45, 2.75) is 44.9 Å². The second kappa shape index (κ2) is 8.13. The van der Waals surface area contributed by atoms with E-state index in [4.69, 9.17) is 4.74 Å². The molecule has 0 N–H and O–H groups in total. The maximum atomic E-state index is 13.3. The average Bonchev–Trinajstić information content (AvgIpc) is 3.06. The lowest BCUT2D eigenvalue weighted by Gasteiger charge is -2.43. The predicted octanol–water partition coefficient (Wildman–Crippen LogP) is 2.71. The van der Waals surface area contributed by atoms with Crippen LogP contribution in [-0.4, -0.2) is 62.9 Å². The van der Waals surface area contributed by atoms with Gasteiger partial charge in [-0.15, -0.1) is 0 Å². The van der Waals surface area contributed by atoms with Crippen LogP contribution in [0, 0.1) is 11.3 Å². The largest absolute Gasteiger partial charge is 0.381 e. The van der Waals surface area contributed by atoms with E-state index in [2.05, 4.69) is 13.8 Å². The van der Waals surface area contributed by atoms with Crippen LogP contribution in [0.25, 0.3) is 0 Å². The summed E-state index contributed by atoms with van der Waals surface area (Å²) in [5.74, 6) is 0.510. The molecule has 0 spiro atoms. The molecule has 2 aliphatic rings. The summed E-state index contributed by atoms with van der Waals surface area (Å²) in [5.41, 5.74) is 0.909. The summed E-state index contributed by atoms with van der Waals surface area (Å²) in [5, 5.41) is 0. The molecule has 0 bridgehead atoms. The number of ether oxygens (including phenoxy) is 1. The minimum Gasteiger partial charge on any atom is -0.381 e. The summed E-state index contributed by atoms with van der Waals surface area (Å²) < 4.78 is 33.9. The highest BCUT2D eigenvalue weighted by atomic mass is 32.2. The van der Waals surface area contributed by atoms with Crippen LogP contribution < -0.4 is 0 Å². The van der Waals surface area contributed by atoms with Gasteiger partial charge in [-0.3, -0.25) is 4.79 Å². The van der Waals surface area contributed by atoms with Gasteiger partial charge >= 0.3 is 0 Å². The molecule has 0 unspecified atom stereocenters. The van der Waals surface area contributed by atoms with Crippen LogP contribution in [0.3, 0.4) is 0 Å². The number of hydrogen-bond donors (Lipinski definition) is 0. The van der Waals surface area contributed by atoms with Crippen LogP contribution in [0.2, 0.25) is 0 Å². The van der Waals surface area contributed by atoms with Crippen LogP contribution in [0.15, 0.2) is 29.2 Å². The van der Waals surface area contributed by atoms with Gasteiger partial charge in [0.05, 0.1) is 11.5 Å². The summed E-state index contributed by atoms with van der Waals surface area (Å²) in [7, 11) is -3.57. The van der Waals surface area contributed by atoms with Gasteiger partial charge < -0.3 is 9.64 Å². The number of likely N-dealkylation sites (tertiary alicyclic amines) is 1. The number of rotatable bonds is 6. The van der Waals surface area contributed by atoms with E-state index in [0.717, 1.165) is 12.0 Å². The molecule has 2 fully saturated rings. The van der Waals surface area contributed by atoms with E-state index >= 15 is 0 Å². The van der Waals surface area contributed by atoms with Gasteiger partial charge in [-0.25, -0.2) is 8.42 Å². The van der Waals surface area contributed by atoms with Crippen molar-refractivity contribution >= 4 is 15.9 Å².